The van der Waals surface area contributed by atoms with Gasteiger partial charge in [-0.3, -0.25) is 8.57 Å². The first-order valence-corrected chi connectivity index (χ1v) is 15.2. The SMILES string of the molecule is C/C(=N/OS(=O)(=O)c1ccc(C)cc1)SCCOCCS/C(C)=N/OS(=O)(=O)c1ccc(C)cc1. The van der Waals surface area contributed by atoms with Gasteiger partial charge in [-0.1, -0.05) is 45.7 Å². The first kappa shape index (κ1) is 29.2. The Morgan fingerprint density at radius 3 is 1.37 bits per heavy atom. The Morgan fingerprint density at radius 2 is 1.03 bits per heavy atom. The van der Waals surface area contributed by atoms with Crippen LogP contribution in [0.5, 0.6) is 0 Å². The van der Waals surface area contributed by atoms with Crippen LogP contribution in [0.25, 0.3) is 0 Å². The third-order valence-electron chi connectivity index (χ3n) is 4.22. The molecule has 0 bridgehead atoms. The maximum Gasteiger partial charge on any atom is 0.358 e. The minimum atomic E-state index is -3.95. The number of aryl methyl sites for hydroxylation is 2. The molecule has 0 amide bonds. The molecule has 0 fully saturated rings. The summed E-state index contributed by atoms with van der Waals surface area (Å²) < 4.78 is 63.5. The van der Waals surface area contributed by atoms with Gasteiger partial charge in [0, 0.05) is 11.5 Å². The molecule has 0 aliphatic heterocycles. The maximum absolute atomic E-state index is 12.1. The number of hydrogen-bond acceptors (Lipinski definition) is 11. The van der Waals surface area contributed by atoms with Crippen molar-refractivity contribution < 1.29 is 30.1 Å². The molecule has 0 atom stereocenters. The van der Waals surface area contributed by atoms with E-state index in [0.29, 0.717) is 34.8 Å². The number of thioether (sulfide) groups is 2. The minimum Gasteiger partial charge on any atom is -0.380 e. The lowest BCUT2D eigenvalue weighted by molar-refractivity contribution is 0.167. The van der Waals surface area contributed by atoms with Crippen LogP contribution in [0.1, 0.15) is 25.0 Å². The van der Waals surface area contributed by atoms with E-state index in [4.69, 9.17) is 13.3 Å². The topological polar surface area (TPSA) is 121 Å². The number of ether oxygens (including phenoxy) is 1. The van der Waals surface area contributed by atoms with Crippen molar-refractivity contribution in [3.63, 3.8) is 0 Å². The van der Waals surface area contributed by atoms with Gasteiger partial charge in [0.2, 0.25) is 0 Å². The summed E-state index contributed by atoms with van der Waals surface area (Å²) in [5.74, 6) is 1.11. The zero-order valence-electron chi connectivity index (χ0n) is 19.8. The van der Waals surface area contributed by atoms with Gasteiger partial charge in [-0.2, -0.15) is 16.8 Å². The van der Waals surface area contributed by atoms with Crippen LogP contribution in [-0.4, -0.2) is 51.6 Å². The van der Waals surface area contributed by atoms with Gasteiger partial charge in [-0.15, -0.1) is 23.5 Å². The van der Waals surface area contributed by atoms with Crippen LogP contribution >= 0.6 is 23.5 Å². The van der Waals surface area contributed by atoms with E-state index in [-0.39, 0.29) is 9.79 Å². The molecule has 0 saturated carbocycles. The normalized spacial score (nSPS) is 13.0. The molecule has 0 aliphatic carbocycles. The largest absolute Gasteiger partial charge is 0.380 e. The van der Waals surface area contributed by atoms with Crippen LogP contribution in [0, 0.1) is 13.8 Å². The number of nitrogens with zero attached hydrogens (tertiary/aromatic N) is 2. The van der Waals surface area contributed by atoms with Gasteiger partial charge < -0.3 is 4.74 Å². The highest BCUT2D eigenvalue weighted by molar-refractivity contribution is 8.14. The Morgan fingerprint density at radius 1 is 0.686 bits per heavy atom. The fraction of sp³-hybridized carbons (Fsp3) is 0.364. The predicted octanol–water partition coefficient (Wildman–Crippen LogP) is 4.56. The lowest BCUT2D eigenvalue weighted by atomic mass is 10.2. The molecular weight excluding hydrogens is 533 g/mol. The molecule has 0 N–H and O–H groups in total. The van der Waals surface area contributed by atoms with Gasteiger partial charge in [0.05, 0.1) is 13.2 Å². The molecule has 0 aliphatic rings. The average molecular weight is 561 g/mol. The molecule has 0 radical (unpaired) electrons. The van der Waals surface area contributed by atoms with Crippen molar-refractivity contribution in [1.29, 1.82) is 0 Å². The number of hydrogen-bond donors (Lipinski definition) is 0. The van der Waals surface area contributed by atoms with Crippen LogP contribution in [0.4, 0.5) is 0 Å². The summed E-state index contributed by atoms with van der Waals surface area (Å²) in [6.07, 6.45) is 0. The highest BCUT2D eigenvalue weighted by Gasteiger charge is 2.16. The molecule has 192 valence electrons. The molecule has 2 aromatic carbocycles. The van der Waals surface area contributed by atoms with Crippen molar-refractivity contribution in [3.05, 3.63) is 59.7 Å². The van der Waals surface area contributed by atoms with Gasteiger partial charge in [-0.05, 0) is 52.0 Å². The summed E-state index contributed by atoms with van der Waals surface area (Å²) in [5, 5.41) is 8.25. The van der Waals surface area contributed by atoms with Gasteiger partial charge in [0.25, 0.3) is 0 Å². The van der Waals surface area contributed by atoms with E-state index in [1.54, 1.807) is 38.1 Å². The molecule has 2 rings (SSSR count). The van der Waals surface area contributed by atoms with E-state index in [9.17, 15) is 16.8 Å². The van der Waals surface area contributed by atoms with Crippen molar-refractivity contribution in [2.45, 2.75) is 37.5 Å². The highest BCUT2D eigenvalue weighted by Crippen LogP contribution is 2.16. The molecule has 0 spiro atoms. The molecule has 2 aromatic rings. The van der Waals surface area contributed by atoms with E-state index < -0.39 is 20.2 Å². The molecular formula is C22H28N2O7S4. The Labute approximate surface area is 215 Å². The van der Waals surface area contributed by atoms with E-state index >= 15 is 0 Å². The third-order valence-corrected chi connectivity index (χ3v) is 8.19. The maximum atomic E-state index is 12.1. The first-order chi connectivity index (χ1) is 16.5. The lowest BCUT2D eigenvalue weighted by Gasteiger charge is -2.05. The first-order valence-electron chi connectivity index (χ1n) is 10.4. The predicted molar refractivity (Wildman–Crippen MR) is 141 cm³/mol. The summed E-state index contributed by atoms with van der Waals surface area (Å²) in [7, 11) is -7.90. The van der Waals surface area contributed by atoms with Crippen LogP contribution < -0.4 is 0 Å². The second-order valence-corrected chi connectivity index (χ2v) is 12.8. The Bertz CT molecular complexity index is 1130. The zero-order chi connectivity index (χ0) is 25.9. The fourth-order valence-electron chi connectivity index (χ4n) is 2.35. The summed E-state index contributed by atoms with van der Waals surface area (Å²) in [6, 6.07) is 12.6. The average Bonchev–Trinajstić information content (AvgIpc) is 2.81. The standard InChI is InChI=1S/C22H28N2O7S4/c1-17-5-9-21(10-6-17)34(25,26)30-23-19(3)32-15-13-29-14-16-33-20(4)24-31-35(27,28)22-11-7-18(2)8-12-22/h5-12H,13-16H2,1-4H3/b23-19-,24-20+. The molecule has 0 heterocycles. The molecule has 0 saturated heterocycles. The van der Waals surface area contributed by atoms with Gasteiger partial charge in [-0.25, -0.2) is 0 Å². The highest BCUT2D eigenvalue weighted by atomic mass is 32.2. The van der Waals surface area contributed by atoms with E-state index in [1.807, 2.05) is 13.8 Å². The molecule has 35 heavy (non-hydrogen) atoms. The van der Waals surface area contributed by atoms with Crippen LogP contribution in [0.15, 0.2) is 68.6 Å². The fourth-order valence-corrected chi connectivity index (χ4v) is 5.15. The lowest BCUT2D eigenvalue weighted by Crippen LogP contribution is -2.06. The smallest absolute Gasteiger partial charge is 0.358 e. The Balaban J connectivity index is 1.63. The Hall–Kier alpha value is -2.06. The van der Waals surface area contributed by atoms with Crippen LogP contribution in [-0.2, 0) is 33.5 Å². The summed E-state index contributed by atoms with van der Waals surface area (Å²) in [6.45, 7) is 7.85. The van der Waals surface area contributed by atoms with Gasteiger partial charge in [0.15, 0.2) is 0 Å². The van der Waals surface area contributed by atoms with Gasteiger partial charge in [0.1, 0.15) is 19.9 Å². The monoisotopic (exact) mass is 560 g/mol. The molecule has 0 aromatic heterocycles. The van der Waals surface area contributed by atoms with E-state index in [1.165, 1.54) is 47.8 Å². The van der Waals surface area contributed by atoms with Gasteiger partial charge >= 0.3 is 20.2 Å². The summed E-state index contributed by atoms with van der Waals surface area (Å²) in [4.78, 5) is 0.0879. The second-order valence-electron chi connectivity index (χ2n) is 7.21. The van der Waals surface area contributed by atoms with E-state index in [0.717, 1.165) is 11.1 Å². The summed E-state index contributed by atoms with van der Waals surface area (Å²) >= 11 is 2.61. The van der Waals surface area contributed by atoms with Crippen LogP contribution in [0.3, 0.4) is 0 Å². The van der Waals surface area contributed by atoms with Crippen molar-refractivity contribution in [1.82, 2.24) is 0 Å². The number of benzene rings is 2. The van der Waals surface area contributed by atoms with Crippen molar-refractivity contribution >= 4 is 53.8 Å². The number of oxime groups is 2. The minimum absolute atomic E-state index is 0.0439. The second kappa shape index (κ2) is 13.9. The summed E-state index contributed by atoms with van der Waals surface area (Å²) in [5.41, 5.74) is 1.89. The van der Waals surface area contributed by atoms with Crippen molar-refractivity contribution in [2.75, 3.05) is 24.7 Å². The molecule has 0 unspecified atom stereocenters. The van der Waals surface area contributed by atoms with Crippen molar-refractivity contribution in [2.24, 2.45) is 10.3 Å². The number of rotatable bonds is 12. The quantitative estimate of drug-likeness (QED) is 0.159. The Kier molecular flexibility index (Phi) is 11.6. The van der Waals surface area contributed by atoms with E-state index in [2.05, 4.69) is 10.3 Å². The zero-order valence-corrected chi connectivity index (χ0v) is 23.1. The molecule has 13 heteroatoms. The third kappa shape index (κ3) is 10.6. The van der Waals surface area contributed by atoms with Crippen molar-refractivity contribution in [3.8, 4) is 0 Å². The van der Waals surface area contributed by atoms with Crippen LogP contribution in [0.2, 0.25) is 0 Å². The molecule has 9 nitrogen and oxygen atoms in total.